The Bertz CT molecular complexity index is 1290. The van der Waals surface area contributed by atoms with E-state index in [4.69, 9.17) is 9.47 Å². The number of hydrogen-bond donors (Lipinski definition) is 2. The van der Waals surface area contributed by atoms with Crippen molar-refractivity contribution >= 4 is 11.6 Å². The number of ether oxygens (including phenoxy) is 2. The van der Waals surface area contributed by atoms with Crippen LogP contribution in [0.3, 0.4) is 0 Å². The molecule has 0 aliphatic carbocycles. The summed E-state index contributed by atoms with van der Waals surface area (Å²) in [5.41, 5.74) is 0.0262. The Morgan fingerprint density at radius 3 is 2.58 bits per heavy atom. The lowest BCUT2D eigenvalue weighted by Crippen LogP contribution is -2.20. The van der Waals surface area contributed by atoms with Crippen LogP contribution in [0.5, 0.6) is 11.5 Å². The molecule has 7 nitrogen and oxygen atoms in total. The average molecular weight is 457 g/mol. The largest absolute Gasteiger partial charge is 0.493 e. The number of hydrogen-bond acceptors (Lipinski definition) is 5. The molecule has 3 rings (SSSR count). The minimum atomic E-state index is -4.53. The van der Waals surface area contributed by atoms with Crippen LogP contribution in [-0.4, -0.2) is 24.6 Å². The summed E-state index contributed by atoms with van der Waals surface area (Å²) < 4.78 is 49.2. The van der Waals surface area contributed by atoms with Gasteiger partial charge in [0, 0.05) is 16.9 Å². The van der Waals surface area contributed by atoms with E-state index in [1.54, 1.807) is 25.1 Å². The number of halogens is 3. The van der Waals surface area contributed by atoms with Gasteiger partial charge >= 0.3 is 6.18 Å². The van der Waals surface area contributed by atoms with Crippen molar-refractivity contribution in [1.29, 1.82) is 5.26 Å². The Morgan fingerprint density at radius 1 is 1.15 bits per heavy atom. The summed E-state index contributed by atoms with van der Waals surface area (Å²) >= 11 is 0. The molecular weight excluding hydrogens is 439 g/mol. The number of carbonyl (C=O) groups excluding carboxylic acids is 1. The zero-order chi connectivity index (χ0) is 24.2. The molecule has 2 N–H and O–H groups in total. The van der Waals surface area contributed by atoms with Gasteiger partial charge in [0.2, 0.25) is 0 Å². The van der Waals surface area contributed by atoms with E-state index in [1.165, 1.54) is 25.3 Å². The topological polar surface area (TPSA) is 104 Å². The molecule has 1 amide bonds. The van der Waals surface area contributed by atoms with Gasteiger partial charge in [0.1, 0.15) is 11.6 Å². The third-order valence-corrected chi connectivity index (χ3v) is 4.59. The Balaban J connectivity index is 1.76. The molecule has 0 spiro atoms. The van der Waals surface area contributed by atoms with E-state index in [-0.39, 0.29) is 22.7 Å². The van der Waals surface area contributed by atoms with Crippen LogP contribution in [0.1, 0.15) is 16.8 Å². The van der Waals surface area contributed by atoms with Gasteiger partial charge in [-0.1, -0.05) is 12.1 Å². The fourth-order valence-corrected chi connectivity index (χ4v) is 3.10. The molecule has 0 unspecified atom stereocenters. The van der Waals surface area contributed by atoms with Gasteiger partial charge in [-0.05, 0) is 48.9 Å². The number of aryl methyl sites for hydroxylation is 1. The monoisotopic (exact) mass is 457 g/mol. The van der Waals surface area contributed by atoms with Gasteiger partial charge in [0.05, 0.1) is 12.7 Å². The molecule has 0 fully saturated rings. The van der Waals surface area contributed by atoms with Gasteiger partial charge in [-0.3, -0.25) is 9.59 Å². The van der Waals surface area contributed by atoms with Crippen LogP contribution in [0.25, 0.3) is 11.1 Å². The maximum Gasteiger partial charge on any atom is 0.416 e. The van der Waals surface area contributed by atoms with E-state index in [9.17, 15) is 28.0 Å². The fraction of sp³-hybridized carbons (Fsp3) is 0.174. The molecule has 1 aromatic heterocycles. The second kappa shape index (κ2) is 9.48. The third-order valence-electron chi connectivity index (χ3n) is 4.59. The molecule has 0 aliphatic heterocycles. The zero-order valence-corrected chi connectivity index (χ0v) is 17.5. The van der Waals surface area contributed by atoms with E-state index >= 15 is 0 Å². The van der Waals surface area contributed by atoms with Crippen LogP contribution >= 0.6 is 0 Å². The molecule has 10 heteroatoms. The molecule has 0 aliphatic rings. The van der Waals surface area contributed by atoms with Gasteiger partial charge in [-0.15, -0.1) is 0 Å². The summed E-state index contributed by atoms with van der Waals surface area (Å²) in [5, 5.41) is 11.7. The number of nitriles is 1. The highest BCUT2D eigenvalue weighted by Gasteiger charge is 2.30. The van der Waals surface area contributed by atoms with Crippen molar-refractivity contribution in [2.24, 2.45) is 0 Å². The summed E-state index contributed by atoms with van der Waals surface area (Å²) in [6.45, 7) is 1.20. The number of nitrogens with one attached hydrogen (secondary N) is 2. The number of aromatic nitrogens is 1. The van der Waals surface area contributed by atoms with Crippen molar-refractivity contribution in [3.63, 3.8) is 0 Å². The van der Waals surface area contributed by atoms with Crippen molar-refractivity contribution in [3.05, 3.63) is 75.7 Å². The molecule has 2 aromatic carbocycles. The second-order valence-electron chi connectivity index (χ2n) is 6.96. The number of pyridine rings is 1. The molecule has 0 bridgehead atoms. The second-order valence-corrected chi connectivity index (χ2v) is 6.96. The Kier molecular flexibility index (Phi) is 6.72. The van der Waals surface area contributed by atoms with Crippen LogP contribution in [0, 0.1) is 18.3 Å². The fourth-order valence-electron chi connectivity index (χ4n) is 3.10. The van der Waals surface area contributed by atoms with Crippen molar-refractivity contribution in [1.82, 2.24) is 4.98 Å². The lowest BCUT2D eigenvalue weighted by atomic mass is 10.0. The normalized spacial score (nSPS) is 10.9. The number of aromatic amines is 1. The molecule has 1 heterocycles. The summed E-state index contributed by atoms with van der Waals surface area (Å²) in [7, 11) is 1.38. The average Bonchev–Trinajstić information content (AvgIpc) is 2.76. The minimum absolute atomic E-state index is 0.0190. The highest BCUT2D eigenvalue weighted by Crippen LogP contribution is 2.34. The van der Waals surface area contributed by atoms with Crippen LogP contribution in [0.15, 0.2) is 53.3 Å². The number of benzene rings is 2. The Hall–Kier alpha value is -4.26. The zero-order valence-electron chi connectivity index (χ0n) is 17.5. The van der Waals surface area contributed by atoms with E-state index in [0.29, 0.717) is 16.8 Å². The standard InChI is InChI=1S/C23H18F3N3O4/c1-13-8-17(18(11-27)22(31)28-13)14-6-7-19(20(9-14)32-2)33-12-21(30)29-16-5-3-4-15(10-16)23(24,25)26/h3-10H,12H2,1-2H3,(H,28,31)(H,29,30). The van der Waals surface area contributed by atoms with Crippen molar-refractivity contribution in [2.75, 3.05) is 19.0 Å². The van der Waals surface area contributed by atoms with Crippen molar-refractivity contribution in [3.8, 4) is 28.7 Å². The SMILES string of the molecule is COc1cc(-c2cc(C)[nH]c(=O)c2C#N)ccc1OCC(=O)Nc1cccc(C(F)(F)F)c1. The van der Waals surface area contributed by atoms with Gasteiger partial charge in [0.25, 0.3) is 11.5 Å². The van der Waals surface area contributed by atoms with Crippen LogP contribution in [0.4, 0.5) is 18.9 Å². The number of alkyl halides is 3. The first-order chi connectivity index (χ1) is 15.6. The predicted octanol–water partition coefficient (Wildman–Crippen LogP) is 4.27. The number of methoxy groups -OCH3 is 1. The molecule has 0 saturated heterocycles. The molecule has 0 atom stereocenters. The van der Waals surface area contributed by atoms with E-state index in [1.807, 2.05) is 6.07 Å². The lowest BCUT2D eigenvalue weighted by Gasteiger charge is -2.14. The minimum Gasteiger partial charge on any atom is -0.493 e. The predicted molar refractivity (Wildman–Crippen MR) is 114 cm³/mol. The van der Waals surface area contributed by atoms with Crippen molar-refractivity contribution < 1.29 is 27.4 Å². The summed E-state index contributed by atoms with van der Waals surface area (Å²) in [6.07, 6.45) is -4.53. The molecule has 0 saturated carbocycles. The van der Waals surface area contributed by atoms with Gasteiger partial charge in [-0.2, -0.15) is 18.4 Å². The summed E-state index contributed by atoms with van der Waals surface area (Å²) in [6, 6.07) is 12.4. The molecule has 170 valence electrons. The summed E-state index contributed by atoms with van der Waals surface area (Å²) in [5.74, 6) is -0.237. The number of rotatable bonds is 6. The van der Waals surface area contributed by atoms with Crippen molar-refractivity contribution in [2.45, 2.75) is 13.1 Å². The lowest BCUT2D eigenvalue weighted by molar-refractivity contribution is -0.137. The van der Waals surface area contributed by atoms with Crippen LogP contribution in [0.2, 0.25) is 0 Å². The van der Waals surface area contributed by atoms with Crippen LogP contribution < -0.4 is 20.3 Å². The maximum atomic E-state index is 12.8. The quantitative estimate of drug-likeness (QED) is 0.576. The first-order valence-electron chi connectivity index (χ1n) is 9.54. The molecular formula is C23H18F3N3O4. The molecule has 33 heavy (non-hydrogen) atoms. The highest BCUT2D eigenvalue weighted by atomic mass is 19.4. The van der Waals surface area contributed by atoms with Crippen LogP contribution in [-0.2, 0) is 11.0 Å². The van der Waals surface area contributed by atoms with Gasteiger partial charge in [-0.25, -0.2) is 0 Å². The van der Waals surface area contributed by atoms with E-state index < -0.39 is 29.8 Å². The Morgan fingerprint density at radius 2 is 1.91 bits per heavy atom. The Labute approximate surface area is 186 Å². The molecule has 0 radical (unpaired) electrons. The maximum absolute atomic E-state index is 12.8. The number of anilines is 1. The smallest absolute Gasteiger partial charge is 0.416 e. The highest BCUT2D eigenvalue weighted by molar-refractivity contribution is 5.92. The number of nitrogens with zero attached hydrogens (tertiary/aromatic N) is 1. The number of amides is 1. The van der Waals surface area contributed by atoms with E-state index in [2.05, 4.69) is 10.3 Å². The molecule has 3 aromatic rings. The van der Waals surface area contributed by atoms with Gasteiger partial charge in [0.15, 0.2) is 18.1 Å². The van der Waals surface area contributed by atoms with E-state index in [0.717, 1.165) is 12.1 Å². The summed E-state index contributed by atoms with van der Waals surface area (Å²) in [4.78, 5) is 26.8. The number of carbonyl (C=O) groups is 1. The van der Waals surface area contributed by atoms with Gasteiger partial charge < -0.3 is 19.8 Å². The third kappa shape index (κ3) is 5.51. The first kappa shape index (κ1) is 23.4. The first-order valence-corrected chi connectivity index (χ1v) is 9.54. The number of H-pyrrole nitrogens is 1.